The Morgan fingerprint density at radius 2 is 2.36 bits per heavy atom. The van der Waals surface area contributed by atoms with Crippen LogP contribution in [0.2, 0.25) is 5.15 Å². The minimum atomic E-state index is 0.403. The summed E-state index contributed by atoms with van der Waals surface area (Å²) in [6.45, 7) is 0. The normalized spacial score (nSPS) is 10.6. The van der Waals surface area contributed by atoms with Crippen molar-refractivity contribution in [3.8, 4) is 0 Å². The van der Waals surface area contributed by atoms with Gasteiger partial charge in [0.15, 0.2) is 10.4 Å². The first-order chi connectivity index (χ1) is 5.27. The summed E-state index contributed by atoms with van der Waals surface area (Å²) in [7, 11) is 0. The lowest BCUT2D eigenvalue weighted by Gasteiger charge is -1.85. The predicted molar refractivity (Wildman–Crippen MR) is 44.1 cm³/mol. The molecule has 0 atom stereocenters. The molecule has 2 heterocycles. The molecule has 2 aromatic rings. The molecular weight excluding hydrogens is 184 g/mol. The topological polar surface area (TPSA) is 57.4 Å². The molecule has 2 N–H and O–H groups in total. The van der Waals surface area contributed by atoms with Gasteiger partial charge in [0.05, 0.1) is 5.39 Å². The fourth-order valence-corrected chi connectivity index (χ4v) is 1.13. The van der Waals surface area contributed by atoms with E-state index in [4.69, 9.17) is 23.8 Å². The molecular formula is C5H3ClN4S. The zero-order chi connectivity index (χ0) is 7.84. The Balaban J connectivity index is 2.96. The highest BCUT2D eigenvalue weighted by Gasteiger charge is 2.01. The minimum absolute atomic E-state index is 0.403. The zero-order valence-corrected chi connectivity index (χ0v) is 6.83. The van der Waals surface area contributed by atoms with E-state index in [1.54, 1.807) is 6.20 Å². The number of halogens is 1. The molecule has 11 heavy (non-hydrogen) atoms. The lowest BCUT2D eigenvalue weighted by Crippen LogP contribution is -1.80. The van der Waals surface area contributed by atoms with Gasteiger partial charge in [0.25, 0.3) is 0 Å². The summed E-state index contributed by atoms with van der Waals surface area (Å²) >= 11 is 10.5. The van der Waals surface area contributed by atoms with E-state index >= 15 is 0 Å². The van der Waals surface area contributed by atoms with Crippen molar-refractivity contribution in [1.82, 2.24) is 20.2 Å². The van der Waals surface area contributed by atoms with Gasteiger partial charge in [0.2, 0.25) is 0 Å². The lowest BCUT2D eigenvalue weighted by molar-refractivity contribution is 1.08. The smallest absolute Gasteiger partial charge is 0.198 e. The number of hydrogen-bond acceptors (Lipinski definition) is 3. The minimum Gasteiger partial charge on any atom is -0.313 e. The average Bonchev–Trinajstić information content (AvgIpc) is 2.32. The molecule has 4 nitrogen and oxygen atoms in total. The third-order valence-electron chi connectivity index (χ3n) is 1.29. The standard InChI is InChI=1S/C5H3ClN4S/c6-3-2-1-7-5(11)8-4(2)10-9-3/h1H,(H2,7,8,9,10,11). The number of nitrogens with one attached hydrogen (secondary N) is 2. The fraction of sp³-hybridized carbons (Fsp3) is 0. The Hall–Kier alpha value is -0.940. The van der Waals surface area contributed by atoms with Gasteiger partial charge in [-0.1, -0.05) is 11.6 Å². The van der Waals surface area contributed by atoms with Gasteiger partial charge in [-0.2, -0.15) is 5.10 Å². The van der Waals surface area contributed by atoms with Crippen LogP contribution < -0.4 is 0 Å². The van der Waals surface area contributed by atoms with Crippen LogP contribution in [-0.2, 0) is 0 Å². The molecule has 2 aromatic heterocycles. The molecule has 0 spiro atoms. The van der Waals surface area contributed by atoms with Gasteiger partial charge in [-0.25, -0.2) is 4.98 Å². The molecule has 0 radical (unpaired) electrons. The summed E-state index contributed by atoms with van der Waals surface area (Å²) < 4.78 is 0.403. The van der Waals surface area contributed by atoms with Crippen LogP contribution in [0.25, 0.3) is 11.0 Å². The molecule has 0 saturated heterocycles. The van der Waals surface area contributed by atoms with E-state index in [-0.39, 0.29) is 0 Å². The molecule has 0 aliphatic rings. The van der Waals surface area contributed by atoms with E-state index in [1.165, 1.54) is 0 Å². The largest absolute Gasteiger partial charge is 0.313 e. The Morgan fingerprint density at radius 1 is 1.55 bits per heavy atom. The Bertz CT molecular complexity index is 445. The summed E-state index contributed by atoms with van der Waals surface area (Å²) in [6.07, 6.45) is 1.58. The van der Waals surface area contributed by atoms with Gasteiger partial charge >= 0.3 is 0 Å². The summed E-state index contributed by atoms with van der Waals surface area (Å²) in [6, 6.07) is 0. The van der Waals surface area contributed by atoms with Crippen LogP contribution in [0.3, 0.4) is 0 Å². The average molecular weight is 187 g/mol. The summed E-state index contributed by atoms with van der Waals surface area (Å²) in [5.74, 6) is 0. The summed E-state index contributed by atoms with van der Waals surface area (Å²) in [4.78, 5) is 6.64. The van der Waals surface area contributed by atoms with Crippen LogP contribution in [0, 0.1) is 4.77 Å². The van der Waals surface area contributed by atoms with Crippen molar-refractivity contribution >= 4 is 34.9 Å². The van der Waals surface area contributed by atoms with Gasteiger partial charge < -0.3 is 4.98 Å². The number of nitrogens with zero attached hydrogens (tertiary/aromatic N) is 2. The van der Waals surface area contributed by atoms with Crippen LogP contribution in [0.4, 0.5) is 0 Å². The Labute approximate surface area is 71.6 Å². The maximum Gasteiger partial charge on any atom is 0.198 e. The van der Waals surface area contributed by atoms with Crippen LogP contribution >= 0.6 is 23.8 Å². The van der Waals surface area contributed by atoms with Gasteiger partial charge in [0, 0.05) is 6.20 Å². The van der Waals surface area contributed by atoms with E-state index in [0.29, 0.717) is 15.6 Å². The quantitative estimate of drug-likeness (QED) is 0.616. The second-order valence-electron chi connectivity index (χ2n) is 1.99. The second kappa shape index (κ2) is 2.28. The first-order valence-corrected chi connectivity index (χ1v) is 3.65. The van der Waals surface area contributed by atoms with Crippen LogP contribution in [0.15, 0.2) is 6.20 Å². The highest BCUT2D eigenvalue weighted by molar-refractivity contribution is 7.71. The second-order valence-corrected chi connectivity index (χ2v) is 2.75. The maximum absolute atomic E-state index is 5.71. The number of rotatable bonds is 0. The van der Waals surface area contributed by atoms with Gasteiger partial charge in [-0.15, -0.1) is 0 Å². The van der Waals surface area contributed by atoms with Crippen LogP contribution in [0.5, 0.6) is 0 Å². The summed E-state index contributed by atoms with van der Waals surface area (Å²) in [5.41, 5.74) is 0.634. The molecule has 0 aliphatic heterocycles. The Kier molecular flexibility index (Phi) is 1.40. The number of hydrogen-bond donors (Lipinski definition) is 2. The van der Waals surface area contributed by atoms with Gasteiger partial charge in [0.1, 0.15) is 5.15 Å². The molecule has 6 heteroatoms. The molecule has 0 unspecified atom stereocenters. The SMILES string of the molecule is S=c1ncc2c(Cl)[nH]nc2[nH]1. The fourth-order valence-electron chi connectivity index (χ4n) is 0.799. The number of aromatic amines is 2. The molecule has 0 amide bonds. The third kappa shape index (κ3) is 1.02. The van der Waals surface area contributed by atoms with E-state index in [1.807, 2.05) is 0 Å². The van der Waals surface area contributed by atoms with Crippen molar-refractivity contribution in [3.05, 3.63) is 16.1 Å². The molecule has 0 aromatic carbocycles. The molecule has 0 aliphatic carbocycles. The van der Waals surface area contributed by atoms with Gasteiger partial charge in [-0.05, 0) is 12.2 Å². The highest BCUT2D eigenvalue weighted by atomic mass is 35.5. The van der Waals surface area contributed by atoms with E-state index < -0.39 is 0 Å². The van der Waals surface area contributed by atoms with E-state index in [2.05, 4.69) is 20.2 Å². The first kappa shape index (κ1) is 6.75. The van der Waals surface area contributed by atoms with Crippen LogP contribution in [0.1, 0.15) is 0 Å². The van der Waals surface area contributed by atoms with Crippen LogP contribution in [-0.4, -0.2) is 20.2 Å². The zero-order valence-electron chi connectivity index (χ0n) is 5.26. The van der Waals surface area contributed by atoms with Crippen molar-refractivity contribution in [1.29, 1.82) is 0 Å². The Morgan fingerprint density at radius 3 is 3.18 bits per heavy atom. The number of H-pyrrole nitrogens is 2. The third-order valence-corrected chi connectivity index (χ3v) is 1.79. The molecule has 56 valence electrons. The van der Waals surface area contributed by atoms with Crippen molar-refractivity contribution in [2.24, 2.45) is 0 Å². The molecule has 2 rings (SSSR count). The lowest BCUT2D eigenvalue weighted by atomic mass is 10.4. The van der Waals surface area contributed by atoms with Crippen molar-refractivity contribution in [3.63, 3.8) is 0 Å². The highest BCUT2D eigenvalue weighted by Crippen LogP contribution is 2.15. The van der Waals surface area contributed by atoms with E-state index in [0.717, 1.165) is 5.39 Å². The van der Waals surface area contributed by atoms with E-state index in [9.17, 15) is 0 Å². The maximum atomic E-state index is 5.71. The molecule has 0 fully saturated rings. The predicted octanol–water partition coefficient (Wildman–Crippen LogP) is 1.67. The first-order valence-electron chi connectivity index (χ1n) is 2.86. The monoisotopic (exact) mass is 186 g/mol. The number of fused-ring (bicyclic) bond motifs is 1. The van der Waals surface area contributed by atoms with Crippen molar-refractivity contribution in [2.45, 2.75) is 0 Å². The van der Waals surface area contributed by atoms with Crippen molar-refractivity contribution < 1.29 is 0 Å². The molecule has 0 saturated carbocycles. The molecule has 0 bridgehead atoms. The number of aromatic nitrogens is 4. The summed E-state index contributed by atoms with van der Waals surface area (Å²) in [5, 5.41) is 7.68. The van der Waals surface area contributed by atoms with Gasteiger partial charge in [-0.3, -0.25) is 5.10 Å². The van der Waals surface area contributed by atoms with Crippen molar-refractivity contribution in [2.75, 3.05) is 0 Å².